The van der Waals surface area contributed by atoms with Crippen LogP contribution in [0, 0.1) is 5.92 Å². The lowest BCUT2D eigenvalue weighted by Crippen LogP contribution is -2.44. The van der Waals surface area contributed by atoms with Gasteiger partial charge in [0.2, 0.25) is 0 Å². The van der Waals surface area contributed by atoms with Gasteiger partial charge in [0.15, 0.2) is 0 Å². The first-order chi connectivity index (χ1) is 8.70. The predicted molar refractivity (Wildman–Crippen MR) is 78.0 cm³/mol. The fraction of sp³-hybridized carbons (Fsp3) is 0.786. The van der Waals surface area contributed by atoms with Gasteiger partial charge >= 0.3 is 0 Å². The molecule has 1 fully saturated rings. The summed E-state index contributed by atoms with van der Waals surface area (Å²) in [5.41, 5.74) is 0. The fourth-order valence-corrected chi connectivity index (χ4v) is 3.62. The van der Waals surface area contributed by atoms with E-state index in [9.17, 15) is 0 Å². The van der Waals surface area contributed by atoms with Crippen LogP contribution in [0.5, 0.6) is 0 Å². The molecule has 1 aromatic heterocycles. The van der Waals surface area contributed by atoms with Gasteiger partial charge in [0.05, 0.1) is 6.04 Å². The third-order valence-corrected chi connectivity index (χ3v) is 4.88. The van der Waals surface area contributed by atoms with Gasteiger partial charge in [-0.25, -0.2) is 4.98 Å². The van der Waals surface area contributed by atoms with Crippen LogP contribution >= 0.6 is 11.3 Å². The molecular formula is C14H25N3S. The molecule has 0 saturated carbocycles. The number of hydrogen-bond acceptors (Lipinski definition) is 4. The number of piperidine rings is 1. The van der Waals surface area contributed by atoms with E-state index < -0.39 is 0 Å². The molecule has 1 aliphatic heterocycles. The van der Waals surface area contributed by atoms with Crippen LogP contribution in [0.2, 0.25) is 0 Å². The molecule has 3 unspecified atom stereocenters. The van der Waals surface area contributed by atoms with E-state index in [0.29, 0.717) is 12.1 Å². The van der Waals surface area contributed by atoms with Crippen LogP contribution in [-0.2, 0) is 0 Å². The number of nitrogens with zero attached hydrogens (tertiary/aromatic N) is 2. The van der Waals surface area contributed by atoms with Crippen molar-refractivity contribution in [1.29, 1.82) is 0 Å². The maximum atomic E-state index is 4.45. The zero-order chi connectivity index (χ0) is 13.0. The van der Waals surface area contributed by atoms with Gasteiger partial charge in [0, 0.05) is 24.2 Å². The Hall–Kier alpha value is -0.450. The molecule has 1 N–H and O–H groups in total. The third kappa shape index (κ3) is 3.53. The maximum Gasteiger partial charge on any atom is 0.109 e. The topological polar surface area (TPSA) is 28.2 Å². The van der Waals surface area contributed by atoms with Crippen LogP contribution in [0.1, 0.15) is 44.2 Å². The molecule has 1 aliphatic rings. The van der Waals surface area contributed by atoms with Gasteiger partial charge in [-0.05, 0) is 45.7 Å². The van der Waals surface area contributed by atoms with Crippen molar-refractivity contribution in [3.8, 4) is 0 Å². The van der Waals surface area contributed by atoms with E-state index >= 15 is 0 Å². The summed E-state index contributed by atoms with van der Waals surface area (Å²) in [6, 6.07) is 0.994. The van der Waals surface area contributed by atoms with Gasteiger partial charge in [-0.15, -0.1) is 11.3 Å². The third-order valence-electron chi connectivity index (χ3n) is 3.99. The number of likely N-dealkylation sites (tertiary alicyclic amines) is 1. The quantitative estimate of drug-likeness (QED) is 0.889. The molecule has 0 spiro atoms. The molecule has 18 heavy (non-hydrogen) atoms. The highest BCUT2D eigenvalue weighted by Crippen LogP contribution is 2.24. The molecular weight excluding hydrogens is 242 g/mol. The van der Waals surface area contributed by atoms with Gasteiger partial charge in [0.1, 0.15) is 5.01 Å². The van der Waals surface area contributed by atoms with Crippen molar-refractivity contribution in [2.75, 3.05) is 20.1 Å². The minimum absolute atomic E-state index is 0.423. The number of nitrogens with one attached hydrogen (secondary N) is 1. The molecule has 1 saturated heterocycles. The van der Waals surface area contributed by atoms with E-state index in [2.05, 4.69) is 41.5 Å². The lowest BCUT2D eigenvalue weighted by atomic mass is 9.91. The summed E-state index contributed by atoms with van der Waals surface area (Å²) in [6.45, 7) is 7.05. The first-order valence-electron chi connectivity index (χ1n) is 7.04. The molecule has 2 rings (SSSR count). The van der Waals surface area contributed by atoms with Crippen molar-refractivity contribution in [3.63, 3.8) is 0 Å². The summed E-state index contributed by atoms with van der Waals surface area (Å²) < 4.78 is 0. The number of aromatic nitrogens is 1. The molecule has 0 bridgehead atoms. The number of thiazole rings is 1. The van der Waals surface area contributed by atoms with Gasteiger partial charge in [0.25, 0.3) is 0 Å². The second-order valence-electron chi connectivity index (χ2n) is 5.45. The highest BCUT2D eigenvalue weighted by atomic mass is 32.1. The molecule has 2 heterocycles. The minimum atomic E-state index is 0.423. The van der Waals surface area contributed by atoms with E-state index in [0.717, 1.165) is 12.3 Å². The highest BCUT2D eigenvalue weighted by molar-refractivity contribution is 7.09. The van der Waals surface area contributed by atoms with Crippen molar-refractivity contribution in [3.05, 3.63) is 16.6 Å². The van der Waals surface area contributed by atoms with Crippen LogP contribution in [0.3, 0.4) is 0 Å². The van der Waals surface area contributed by atoms with Crippen molar-refractivity contribution >= 4 is 11.3 Å². The van der Waals surface area contributed by atoms with Gasteiger partial charge < -0.3 is 10.2 Å². The molecule has 0 radical (unpaired) electrons. The Morgan fingerprint density at radius 3 is 3.06 bits per heavy atom. The van der Waals surface area contributed by atoms with Crippen molar-refractivity contribution in [2.24, 2.45) is 5.92 Å². The zero-order valence-corrected chi connectivity index (χ0v) is 12.5. The average Bonchev–Trinajstić information content (AvgIpc) is 2.89. The zero-order valence-electron chi connectivity index (χ0n) is 11.7. The van der Waals surface area contributed by atoms with Gasteiger partial charge in [-0.1, -0.05) is 6.92 Å². The summed E-state index contributed by atoms with van der Waals surface area (Å²) in [5.74, 6) is 0.776. The summed E-state index contributed by atoms with van der Waals surface area (Å²) in [6.07, 6.45) is 5.71. The van der Waals surface area contributed by atoms with Crippen LogP contribution in [0.4, 0.5) is 0 Å². The van der Waals surface area contributed by atoms with Crippen LogP contribution in [-0.4, -0.2) is 36.1 Å². The lowest BCUT2D eigenvalue weighted by Gasteiger charge is -2.35. The second kappa shape index (κ2) is 6.64. The van der Waals surface area contributed by atoms with Crippen LogP contribution in [0.15, 0.2) is 11.6 Å². The molecule has 3 atom stereocenters. The normalized spacial score (nSPS) is 24.9. The van der Waals surface area contributed by atoms with Crippen LogP contribution < -0.4 is 5.32 Å². The van der Waals surface area contributed by atoms with E-state index in [1.165, 1.54) is 30.9 Å². The number of hydrogen-bond donors (Lipinski definition) is 1. The van der Waals surface area contributed by atoms with E-state index in [-0.39, 0.29) is 0 Å². The van der Waals surface area contributed by atoms with E-state index in [4.69, 9.17) is 0 Å². The van der Waals surface area contributed by atoms with E-state index in [1.807, 2.05) is 6.20 Å². The van der Waals surface area contributed by atoms with Crippen molar-refractivity contribution in [2.45, 2.75) is 45.2 Å². The summed E-state index contributed by atoms with van der Waals surface area (Å²) in [4.78, 5) is 6.90. The molecule has 1 aromatic rings. The first-order valence-corrected chi connectivity index (χ1v) is 7.92. The molecule has 102 valence electrons. The minimum Gasteiger partial charge on any atom is -0.306 e. The monoisotopic (exact) mass is 267 g/mol. The second-order valence-corrected chi connectivity index (χ2v) is 6.38. The first kappa shape index (κ1) is 14.0. The Labute approximate surface area is 115 Å². The van der Waals surface area contributed by atoms with Crippen molar-refractivity contribution in [1.82, 2.24) is 15.2 Å². The fourth-order valence-electron chi connectivity index (χ4n) is 2.84. The summed E-state index contributed by atoms with van der Waals surface area (Å²) >= 11 is 1.76. The Balaban J connectivity index is 1.90. The Morgan fingerprint density at radius 1 is 1.61 bits per heavy atom. The molecule has 0 amide bonds. The largest absolute Gasteiger partial charge is 0.306 e. The van der Waals surface area contributed by atoms with Crippen molar-refractivity contribution < 1.29 is 0 Å². The molecule has 4 heteroatoms. The Bertz CT molecular complexity index is 339. The smallest absolute Gasteiger partial charge is 0.109 e. The van der Waals surface area contributed by atoms with Gasteiger partial charge in [-0.2, -0.15) is 0 Å². The number of rotatable bonds is 5. The Kier molecular flexibility index (Phi) is 5.15. The Morgan fingerprint density at radius 2 is 2.44 bits per heavy atom. The highest BCUT2D eigenvalue weighted by Gasteiger charge is 2.25. The summed E-state index contributed by atoms with van der Waals surface area (Å²) in [5, 5.41) is 7.08. The standard InChI is InChI=1S/C14H25N3S/c1-4-13(14-15-7-9-18-14)16-11(2)12-6-5-8-17(3)10-12/h7,9,11-13,16H,4-6,8,10H2,1-3H3. The average molecular weight is 267 g/mol. The molecule has 0 aliphatic carbocycles. The predicted octanol–water partition coefficient (Wildman–Crippen LogP) is 2.91. The molecule has 3 nitrogen and oxygen atoms in total. The van der Waals surface area contributed by atoms with E-state index in [1.54, 1.807) is 11.3 Å². The van der Waals surface area contributed by atoms with Gasteiger partial charge in [-0.3, -0.25) is 0 Å². The SMILES string of the molecule is CCC(NC(C)C1CCCN(C)C1)c1nccs1. The van der Waals surface area contributed by atoms with Crippen LogP contribution in [0.25, 0.3) is 0 Å². The lowest BCUT2D eigenvalue weighted by molar-refractivity contribution is 0.172. The maximum absolute atomic E-state index is 4.45. The summed E-state index contributed by atoms with van der Waals surface area (Å²) in [7, 11) is 2.23. The molecule has 0 aromatic carbocycles.